The molecule has 4 heteroatoms. The highest BCUT2D eigenvalue weighted by molar-refractivity contribution is 5.00. The van der Waals surface area contributed by atoms with Gasteiger partial charge in [0.1, 0.15) is 0 Å². The Bertz CT molecular complexity index is 366. The minimum absolute atomic E-state index is 0.565. The molecule has 1 heterocycles. The Morgan fingerprint density at radius 3 is 2.84 bits per heavy atom. The molecule has 0 bridgehead atoms. The molecule has 0 saturated heterocycles. The molecule has 0 amide bonds. The predicted octanol–water partition coefficient (Wildman–Crippen LogP) is 2.43. The Morgan fingerprint density at radius 1 is 1.42 bits per heavy atom. The highest BCUT2D eigenvalue weighted by Crippen LogP contribution is 2.28. The highest BCUT2D eigenvalue weighted by Gasteiger charge is 2.17. The van der Waals surface area contributed by atoms with Crippen LogP contribution in [0.3, 0.4) is 0 Å². The molecule has 0 aromatic carbocycles. The smallest absolute Gasteiger partial charge is 0.0764 e. The average Bonchev–Trinajstić information content (AvgIpc) is 2.97. The molecule has 1 aliphatic rings. The molecule has 0 spiro atoms. The van der Waals surface area contributed by atoms with E-state index >= 15 is 0 Å². The standard InChI is InChI=1S/C15H28N4/c1-13(2)16-9-11-18(3)12-14-8-10-19(17-14)15-6-4-5-7-15/h8,10,13,15-16H,4-7,9,11-12H2,1-3H3. The van der Waals surface area contributed by atoms with E-state index in [2.05, 4.69) is 48.1 Å². The van der Waals surface area contributed by atoms with Gasteiger partial charge in [0.15, 0.2) is 0 Å². The summed E-state index contributed by atoms with van der Waals surface area (Å²) in [7, 11) is 2.16. The van der Waals surface area contributed by atoms with Crippen molar-refractivity contribution in [1.82, 2.24) is 20.0 Å². The van der Waals surface area contributed by atoms with Crippen molar-refractivity contribution in [1.29, 1.82) is 0 Å². The first-order chi connectivity index (χ1) is 9.15. The molecule has 108 valence electrons. The summed E-state index contributed by atoms with van der Waals surface area (Å²) >= 11 is 0. The van der Waals surface area contributed by atoms with Gasteiger partial charge in [-0.2, -0.15) is 5.10 Å². The van der Waals surface area contributed by atoms with Gasteiger partial charge in [0.25, 0.3) is 0 Å². The molecule has 0 radical (unpaired) electrons. The van der Waals surface area contributed by atoms with Crippen LogP contribution < -0.4 is 5.32 Å². The molecule has 1 N–H and O–H groups in total. The van der Waals surface area contributed by atoms with Crippen LogP contribution in [0.2, 0.25) is 0 Å². The number of hydrogen-bond acceptors (Lipinski definition) is 3. The van der Waals surface area contributed by atoms with Gasteiger partial charge in [-0.3, -0.25) is 9.58 Å². The van der Waals surface area contributed by atoms with Gasteiger partial charge >= 0.3 is 0 Å². The van der Waals surface area contributed by atoms with E-state index in [1.54, 1.807) is 0 Å². The second-order valence-electron chi connectivity index (χ2n) is 6.07. The van der Waals surface area contributed by atoms with Crippen LogP contribution in [0.5, 0.6) is 0 Å². The first kappa shape index (κ1) is 14.5. The van der Waals surface area contributed by atoms with Gasteiger partial charge in [0.2, 0.25) is 0 Å². The molecule has 1 aliphatic carbocycles. The van der Waals surface area contributed by atoms with Crippen LogP contribution in [0.1, 0.15) is 51.3 Å². The molecule has 1 aromatic rings. The zero-order valence-corrected chi connectivity index (χ0v) is 12.6. The largest absolute Gasteiger partial charge is 0.313 e. The van der Waals surface area contributed by atoms with Crippen LogP contribution in [0.15, 0.2) is 12.3 Å². The molecule has 1 fully saturated rings. The number of aromatic nitrogens is 2. The van der Waals surface area contributed by atoms with Crippen LogP contribution in [0, 0.1) is 0 Å². The average molecular weight is 264 g/mol. The molecule has 0 aliphatic heterocycles. The van der Waals surface area contributed by atoms with Crippen molar-refractivity contribution in [2.45, 2.75) is 58.2 Å². The summed E-state index contributed by atoms with van der Waals surface area (Å²) in [5, 5.41) is 8.17. The predicted molar refractivity (Wildman–Crippen MR) is 79.2 cm³/mol. The third-order valence-electron chi connectivity index (χ3n) is 3.84. The first-order valence-corrected chi connectivity index (χ1v) is 7.61. The molecule has 0 atom stereocenters. The Morgan fingerprint density at radius 2 is 2.16 bits per heavy atom. The van der Waals surface area contributed by atoms with E-state index in [1.807, 2.05) is 0 Å². The van der Waals surface area contributed by atoms with Crippen LogP contribution in [-0.4, -0.2) is 40.9 Å². The van der Waals surface area contributed by atoms with Crippen LogP contribution in [0.25, 0.3) is 0 Å². The number of nitrogens with one attached hydrogen (secondary N) is 1. The molecule has 4 nitrogen and oxygen atoms in total. The maximum Gasteiger partial charge on any atom is 0.0764 e. The van der Waals surface area contributed by atoms with E-state index in [9.17, 15) is 0 Å². The number of likely N-dealkylation sites (N-methyl/N-ethyl adjacent to an activating group) is 1. The van der Waals surface area contributed by atoms with E-state index in [4.69, 9.17) is 5.10 Å². The normalized spacial score (nSPS) is 16.9. The van der Waals surface area contributed by atoms with E-state index < -0.39 is 0 Å². The van der Waals surface area contributed by atoms with E-state index in [0.29, 0.717) is 12.1 Å². The maximum atomic E-state index is 4.73. The van der Waals surface area contributed by atoms with Crippen molar-refractivity contribution >= 4 is 0 Å². The highest BCUT2D eigenvalue weighted by atomic mass is 15.3. The van der Waals surface area contributed by atoms with Crippen molar-refractivity contribution in [2.24, 2.45) is 0 Å². The molecular formula is C15H28N4. The molecular weight excluding hydrogens is 236 g/mol. The number of hydrogen-bond donors (Lipinski definition) is 1. The van der Waals surface area contributed by atoms with Crippen molar-refractivity contribution in [3.8, 4) is 0 Å². The number of rotatable bonds is 7. The van der Waals surface area contributed by atoms with Crippen LogP contribution >= 0.6 is 0 Å². The third-order valence-corrected chi connectivity index (χ3v) is 3.84. The molecule has 19 heavy (non-hydrogen) atoms. The fraction of sp³-hybridized carbons (Fsp3) is 0.800. The lowest BCUT2D eigenvalue weighted by atomic mass is 10.3. The van der Waals surface area contributed by atoms with Crippen LogP contribution in [-0.2, 0) is 6.54 Å². The lowest BCUT2D eigenvalue weighted by molar-refractivity contribution is 0.313. The van der Waals surface area contributed by atoms with E-state index in [1.165, 1.54) is 31.4 Å². The van der Waals surface area contributed by atoms with Crippen molar-refractivity contribution in [3.63, 3.8) is 0 Å². The molecule has 0 unspecified atom stereocenters. The molecule has 1 saturated carbocycles. The first-order valence-electron chi connectivity index (χ1n) is 7.61. The minimum atomic E-state index is 0.565. The monoisotopic (exact) mass is 264 g/mol. The van der Waals surface area contributed by atoms with Gasteiger partial charge in [-0.15, -0.1) is 0 Å². The van der Waals surface area contributed by atoms with Gasteiger partial charge in [-0.05, 0) is 26.0 Å². The zero-order chi connectivity index (χ0) is 13.7. The lowest BCUT2D eigenvalue weighted by Crippen LogP contribution is -2.32. The zero-order valence-electron chi connectivity index (χ0n) is 12.6. The summed E-state index contributed by atoms with van der Waals surface area (Å²) < 4.78 is 2.18. The van der Waals surface area contributed by atoms with Gasteiger partial charge < -0.3 is 5.32 Å². The van der Waals surface area contributed by atoms with Crippen LogP contribution in [0.4, 0.5) is 0 Å². The SMILES string of the molecule is CC(C)NCCN(C)Cc1ccn(C2CCCC2)n1. The quantitative estimate of drug-likeness (QED) is 0.821. The van der Waals surface area contributed by atoms with Gasteiger partial charge in [-0.1, -0.05) is 26.7 Å². The van der Waals surface area contributed by atoms with E-state index in [0.717, 1.165) is 19.6 Å². The fourth-order valence-electron chi connectivity index (χ4n) is 2.73. The third kappa shape index (κ3) is 4.62. The van der Waals surface area contributed by atoms with E-state index in [-0.39, 0.29) is 0 Å². The minimum Gasteiger partial charge on any atom is -0.313 e. The van der Waals surface area contributed by atoms with Gasteiger partial charge in [-0.25, -0.2) is 0 Å². The Hall–Kier alpha value is -0.870. The lowest BCUT2D eigenvalue weighted by Gasteiger charge is -2.17. The maximum absolute atomic E-state index is 4.73. The topological polar surface area (TPSA) is 33.1 Å². The Labute approximate surface area is 117 Å². The van der Waals surface area contributed by atoms with Gasteiger partial charge in [0, 0.05) is 31.9 Å². The Kier molecular flexibility index (Phi) is 5.40. The van der Waals surface area contributed by atoms with Crippen molar-refractivity contribution in [3.05, 3.63) is 18.0 Å². The molecule has 1 aromatic heterocycles. The Balaban J connectivity index is 1.75. The second-order valence-corrected chi connectivity index (χ2v) is 6.07. The summed E-state index contributed by atoms with van der Waals surface area (Å²) in [6, 6.07) is 3.39. The fourth-order valence-corrected chi connectivity index (χ4v) is 2.73. The summed E-state index contributed by atoms with van der Waals surface area (Å²) in [5.41, 5.74) is 1.19. The summed E-state index contributed by atoms with van der Waals surface area (Å²) in [6.07, 6.45) is 7.48. The van der Waals surface area contributed by atoms with Gasteiger partial charge in [0.05, 0.1) is 11.7 Å². The molecule has 2 rings (SSSR count). The number of nitrogens with zero attached hydrogens (tertiary/aromatic N) is 3. The summed E-state index contributed by atoms with van der Waals surface area (Å²) in [4.78, 5) is 2.33. The summed E-state index contributed by atoms with van der Waals surface area (Å²) in [5.74, 6) is 0. The van der Waals surface area contributed by atoms with Crippen molar-refractivity contribution in [2.75, 3.05) is 20.1 Å². The summed E-state index contributed by atoms with van der Waals surface area (Å²) in [6.45, 7) is 7.41. The van der Waals surface area contributed by atoms with Crippen molar-refractivity contribution < 1.29 is 0 Å². The second kappa shape index (κ2) is 7.06.